The van der Waals surface area contributed by atoms with Gasteiger partial charge in [-0.05, 0) is 49.6 Å². The number of rotatable bonds is 5. The first-order chi connectivity index (χ1) is 15.3. The summed E-state index contributed by atoms with van der Waals surface area (Å²) in [6, 6.07) is 11.3. The minimum atomic E-state index is -0.691. The number of β-amino-alcohol motifs (C(OH)–C–C–N with tert-alkyl or cyclic N) is 1. The minimum absolute atomic E-state index is 0.192. The van der Waals surface area contributed by atoms with Crippen molar-refractivity contribution >= 4 is 11.6 Å². The van der Waals surface area contributed by atoms with Crippen LogP contribution in [0.5, 0.6) is 11.5 Å². The number of nitrogens with zero attached hydrogens (tertiary/aromatic N) is 1. The van der Waals surface area contributed by atoms with Crippen molar-refractivity contribution in [3.8, 4) is 11.5 Å². The highest BCUT2D eigenvalue weighted by molar-refractivity contribution is 5.90. The zero-order valence-electron chi connectivity index (χ0n) is 18.9. The predicted octanol–water partition coefficient (Wildman–Crippen LogP) is 3.35. The molecule has 1 spiro atoms. The number of hydrogen-bond donors (Lipinski definition) is 3. The van der Waals surface area contributed by atoms with Crippen molar-refractivity contribution in [2.45, 2.75) is 50.9 Å². The van der Waals surface area contributed by atoms with Crippen LogP contribution >= 0.6 is 0 Å². The van der Waals surface area contributed by atoms with E-state index in [0.717, 1.165) is 48.4 Å². The van der Waals surface area contributed by atoms with Crippen molar-refractivity contribution in [3.05, 3.63) is 53.1 Å². The number of aliphatic hydroxyl groups excluding tert-OH is 2. The molecule has 32 heavy (non-hydrogen) atoms. The van der Waals surface area contributed by atoms with Crippen LogP contribution in [0.2, 0.25) is 0 Å². The van der Waals surface area contributed by atoms with Gasteiger partial charge < -0.3 is 29.9 Å². The number of aliphatic hydroxyl groups is 2. The van der Waals surface area contributed by atoms with E-state index in [1.807, 2.05) is 31.2 Å². The molecule has 0 saturated carbocycles. The van der Waals surface area contributed by atoms with Crippen molar-refractivity contribution in [3.63, 3.8) is 0 Å². The van der Waals surface area contributed by atoms with E-state index < -0.39 is 12.2 Å². The Kier molecular flexibility index (Phi) is 6.42. The number of ether oxygens (including phenoxy) is 2. The number of hydrogen-bond acceptors (Lipinski definition) is 6. The third kappa shape index (κ3) is 4.75. The second-order valence-corrected chi connectivity index (χ2v) is 9.00. The summed E-state index contributed by atoms with van der Waals surface area (Å²) in [5, 5.41) is 24.3. The van der Waals surface area contributed by atoms with E-state index >= 15 is 0 Å². The first-order valence-corrected chi connectivity index (χ1v) is 11.1. The van der Waals surface area contributed by atoms with Crippen LogP contribution in [0.4, 0.5) is 5.69 Å². The van der Waals surface area contributed by atoms with Gasteiger partial charge in [0.25, 0.3) is 0 Å². The number of benzene rings is 2. The van der Waals surface area contributed by atoms with E-state index in [-0.39, 0.29) is 11.5 Å². The molecule has 0 bridgehead atoms. The molecule has 1 amide bonds. The fourth-order valence-electron chi connectivity index (χ4n) is 4.78. The number of aryl methyl sites for hydroxylation is 1. The quantitative estimate of drug-likeness (QED) is 0.661. The molecule has 4 rings (SSSR count). The average molecular weight is 441 g/mol. The second-order valence-electron chi connectivity index (χ2n) is 9.00. The normalized spacial score (nSPS) is 20.8. The van der Waals surface area contributed by atoms with Crippen LogP contribution in [0, 0.1) is 6.92 Å². The molecule has 1 saturated heterocycles. The van der Waals surface area contributed by atoms with Gasteiger partial charge in [-0.3, -0.25) is 4.79 Å². The lowest BCUT2D eigenvalue weighted by Gasteiger charge is -2.46. The summed E-state index contributed by atoms with van der Waals surface area (Å²) in [6.07, 6.45) is 0.984. The maximum absolute atomic E-state index is 11.5. The number of carbonyl (C=O) groups excluding carboxylic acids is 1. The Bertz CT molecular complexity index is 984. The second kappa shape index (κ2) is 9.10. The summed E-state index contributed by atoms with van der Waals surface area (Å²) in [7, 11) is 1.55. The maximum Gasteiger partial charge on any atom is 0.221 e. The molecule has 172 valence electrons. The van der Waals surface area contributed by atoms with Crippen LogP contribution in [-0.4, -0.2) is 53.4 Å². The van der Waals surface area contributed by atoms with E-state index in [1.165, 1.54) is 6.92 Å². The standard InChI is InChI=1S/C25H32N2O5/c1-16-4-6-23-19(12-16)21(29)14-25(32-23)8-10-27(11-9-25)15-22(30)18-5-7-24(31-3)20(13-18)26-17(2)28/h4-7,12-13,21-22,29-30H,8-11,14-15H2,1-3H3,(H,26,28). The molecule has 2 heterocycles. The molecule has 7 nitrogen and oxygen atoms in total. The van der Waals surface area contributed by atoms with Crippen LogP contribution in [0.1, 0.15) is 55.1 Å². The van der Waals surface area contributed by atoms with Gasteiger partial charge in [-0.15, -0.1) is 0 Å². The smallest absolute Gasteiger partial charge is 0.221 e. The average Bonchev–Trinajstić information content (AvgIpc) is 2.76. The Morgan fingerprint density at radius 3 is 2.72 bits per heavy atom. The molecule has 2 aromatic rings. The van der Waals surface area contributed by atoms with Gasteiger partial charge in [-0.25, -0.2) is 0 Å². The monoisotopic (exact) mass is 440 g/mol. The Hall–Kier alpha value is -2.61. The maximum atomic E-state index is 11.5. The molecule has 2 unspecified atom stereocenters. The summed E-state index contributed by atoms with van der Waals surface area (Å²) in [5.74, 6) is 1.15. The molecule has 0 aromatic heterocycles. The Morgan fingerprint density at radius 1 is 1.28 bits per heavy atom. The van der Waals surface area contributed by atoms with Crippen molar-refractivity contribution in [1.29, 1.82) is 0 Å². The molecule has 7 heteroatoms. The Balaban J connectivity index is 1.39. The number of amides is 1. The van der Waals surface area contributed by atoms with E-state index in [1.54, 1.807) is 19.2 Å². The van der Waals surface area contributed by atoms with E-state index in [4.69, 9.17) is 9.47 Å². The summed E-state index contributed by atoms with van der Waals surface area (Å²) in [5.41, 5.74) is 2.91. The SMILES string of the molecule is COc1ccc(C(O)CN2CCC3(CC2)CC(O)c2cc(C)ccc2O3)cc1NC(C)=O. The Morgan fingerprint density at radius 2 is 2.03 bits per heavy atom. The van der Waals surface area contributed by atoms with E-state index in [0.29, 0.717) is 24.4 Å². The Labute approximate surface area is 189 Å². The first kappa shape index (κ1) is 22.6. The van der Waals surface area contributed by atoms with Crippen LogP contribution in [0.3, 0.4) is 0 Å². The van der Waals surface area contributed by atoms with Crippen LogP contribution in [-0.2, 0) is 4.79 Å². The highest BCUT2D eigenvalue weighted by Gasteiger charge is 2.43. The lowest BCUT2D eigenvalue weighted by molar-refractivity contribution is -0.114. The topological polar surface area (TPSA) is 91.3 Å². The summed E-state index contributed by atoms with van der Waals surface area (Å²) in [4.78, 5) is 13.7. The molecule has 2 atom stereocenters. The largest absolute Gasteiger partial charge is 0.495 e. The first-order valence-electron chi connectivity index (χ1n) is 11.1. The summed E-state index contributed by atoms with van der Waals surface area (Å²) in [6.45, 7) is 5.50. The number of piperidine rings is 1. The van der Waals surface area contributed by atoms with Crippen LogP contribution < -0.4 is 14.8 Å². The van der Waals surface area contributed by atoms with Crippen LogP contribution in [0.15, 0.2) is 36.4 Å². The van der Waals surface area contributed by atoms with E-state index in [9.17, 15) is 15.0 Å². The molecule has 0 aliphatic carbocycles. The van der Waals surface area contributed by atoms with Crippen molar-refractivity contribution in [2.24, 2.45) is 0 Å². The van der Waals surface area contributed by atoms with Gasteiger partial charge in [0.1, 0.15) is 17.1 Å². The number of nitrogens with one attached hydrogen (secondary N) is 1. The van der Waals surface area contributed by atoms with Gasteiger partial charge in [0, 0.05) is 38.5 Å². The third-order valence-electron chi connectivity index (χ3n) is 6.53. The van der Waals surface area contributed by atoms with Crippen molar-refractivity contribution < 1.29 is 24.5 Å². The van der Waals surface area contributed by atoms with Gasteiger partial charge in [0.15, 0.2) is 0 Å². The fourth-order valence-corrected chi connectivity index (χ4v) is 4.78. The molecule has 1 fully saturated rings. The van der Waals surface area contributed by atoms with E-state index in [2.05, 4.69) is 10.2 Å². The minimum Gasteiger partial charge on any atom is -0.495 e. The predicted molar refractivity (Wildman–Crippen MR) is 122 cm³/mol. The molecular formula is C25H32N2O5. The van der Waals surface area contributed by atoms with Gasteiger partial charge in [-0.1, -0.05) is 17.7 Å². The van der Waals surface area contributed by atoms with Gasteiger partial charge in [0.2, 0.25) is 5.91 Å². The lowest BCUT2D eigenvalue weighted by Crippen LogP contribution is -2.51. The number of anilines is 1. The van der Waals surface area contributed by atoms with Crippen molar-refractivity contribution in [1.82, 2.24) is 4.90 Å². The number of carbonyl (C=O) groups is 1. The fraction of sp³-hybridized carbons (Fsp3) is 0.480. The molecule has 2 aromatic carbocycles. The lowest BCUT2D eigenvalue weighted by atomic mass is 9.81. The van der Waals surface area contributed by atoms with Gasteiger partial charge >= 0.3 is 0 Å². The summed E-state index contributed by atoms with van der Waals surface area (Å²) >= 11 is 0. The van der Waals surface area contributed by atoms with Crippen molar-refractivity contribution in [2.75, 3.05) is 32.1 Å². The third-order valence-corrected chi connectivity index (χ3v) is 6.53. The molecular weight excluding hydrogens is 408 g/mol. The molecule has 0 radical (unpaired) electrons. The number of fused-ring (bicyclic) bond motifs is 1. The number of likely N-dealkylation sites (tertiary alicyclic amines) is 1. The van der Waals surface area contributed by atoms with Crippen LogP contribution in [0.25, 0.3) is 0 Å². The highest BCUT2D eigenvalue weighted by Crippen LogP contribution is 2.44. The molecule has 3 N–H and O–H groups in total. The van der Waals surface area contributed by atoms with Gasteiger partial charge in [-0.2, -0.15) is 0 Å². The molecule has 2 aliphatic rings. The van der Waals surface area contributed by atoms with Gasteiger partial charge in [0.05, 0.1) is 25.0 Å². The highest BCUT2D eigenvalue weighted by atomic mass is 16.5. The molecule has 2 aliphatic heterocycles. The zero-order chi connectivity index (χ0) is 22.9. The summed E-state index contributed by atoms with van der Waals surface area (Å²) < 4.78 is 11.7. The zero-order valence-corrected chi connectivity index (χ0v) is 18.9. The number of methoxy groups -OCH3 is 1.